The average Bonchev–Trinajstić information content (AvgIpc) is 3.17. The summed E-state index contributed by atoms with van der Waals surface area (Å²) < 4.78 is 28.5. The molecule has 0 spiro atoms. The molecule has 1 atom stereocenters. The highest BCUT2D eigenvalue weighted by molar-refractivity contribution is 7.90. The number of nitrogens with one attached hydrogen (secondary N) is 2. The van der Waals surface area contributed by atoms with Crippen molar-refractivity contribution in [2.75, 3.05) is 34.8 Å². The molecule has 3 heterocycles. The lowest BCUT2D eigenvalue weighted by atomic mass is 9.97. The van der Waals surface area contributed by atoms with Crippen molar-refractivity contribution in [2.24, 2.45) is 5.92 Å². The van der Waals surface area contributed by atoms with Crippen LogP contribution in [0.3, 0.4) is 0 Å². The first-order chi connectivity index (χ1) is 18.0. The molecule has 0 saturated carbocycles. The first-order valence-corrected chi connectivity index (χ1v) is 14.4. The molecule has 1 unspecified atom stereocenters. The molecule has 0 aliphatic carbocycles. The third-order valence-corrected chi connectivity index (χ3v) is 8.09. The quantitative estimate of drug-likeness (QED) is 0.401. The van der Waals surface area contributed by atoms with Gasteiger partial charge in [-0.2, -0.15) is 8.42 Å². The molecule has 10 heteroatoms. The van der Waals surface area contributed by atoms with Crippen LogP contribution in [-0.2, 0) is 10.0 Å². The second kappa shape index (κ2) is 11.0. The Morgan fingerprint density at radius 1 is 1.08 bits per heavy atom. The van der Waals surface area contributed by atoms with Gasteiger partial charge in [0, 0.05) is 42.7 Å². The first-order valence-electron chi connectivity index (χ1n) is 12.9. The van der Waals surface area contributed by atoms with Crippen LogP contribution in [0.25, 0.3) is 0 Å². The van der Waals surface area contributed by atoms with Crippen molar-refractivity contribution in [3.05, 3.63) is 66.4 Å². The molecule has 1 aliphatic heterocycles. The minimum absolute atomic E-state index is 0.202. The van der Waals surface area contributed by atoms with Crippen LogP contribution >= 0.6 is 0 Å². The summed E-state index contributed by atoms with van der Waals surface area (Å²) >= 11 is 0. The van der Waals surface area contributed by atoms with Gasteiger partial charge in [-0.15, -0.1) is 0 Å². The number of pyridine rings is 2. The highest BCUT2D eigenvalue weighted by Gasteiger charge is 2.39. The van der Waals surface area contributed by atoms with E-state index in [0.29, 0.717) is 17.6 Å². The fourth-order valence-corrected chi connectivity index (χ4v) is 6.04. The normalized spacial score (nSPS) is 16.8. The minimum atomic E-state index is -4.23. The van der Waals surface area contributed by atoms with E-state index in [4.69, 9.17) is 0 Å². The summed E-state index contributed by atoms with van der Waals surface area (Å²) in [6.45, 7) is 13.1. The number of hydrogen-bond donors (Lipinski definition) is 2. The zero-order valence-corrected chi connectivity index (χ0v) is 23.4. The summed E-state index contributed by atoms with van der Waals surface area (Å²) in [6, 6.07) is 15.7. The Kier molecular flexibility index (Phi) is 7.91. The molecule has 4 rings (SSSR count). The summed E-state index contributed by atoms with van der Waals surface area (Å²) in [5.74, 6) is 0.520. The number of benzene rings is 1. The number of carbonyl (C=O) groups is 1. The SMILES string of the molecule is CCN(CC)c1ccc(Nc2cccc(S(=O)(=O)NC(=O)c3cccnc3N3CC(C)CC3(C)C)n2)cc1. The Hall–Kier alpha value is -3.66. The maximum atomic E-state index is 13.2. The van der Waals surface area contributed by atoms with Crippen molar-refractivity contribution in [1.82, 2.24) is 14.7 Å². The smallest absolute Gasteiger partial charge is 0.281 e. The molecule has 0 bridgehead atoms. The van der Waals surface area contributed by atoms with Crippen molar-refractivity contribution >= 4 is 38.9 Å². The van der Waals surface area contributed by atoms with Crippen LogP contribution < -0.4 is 19.8 Å². The van der Waals surface area contributed by atoms with Gasteiger partial charge in [-0.1, -0.05) is 13.0 Å². The average molecular weight is 537 g/mol. The summed E-state index contributed by atoms with van der Waals surface area (Å²) in [5, 5.41) is 2.89. The molecule has 1 fully saturated rings. The second-order valence-electron chi connectivity index (χ2n) is 10.2. The van der Waals surface area contributed by atoms with Gasteiger partial charge in [0.15, 0.2) is 5.03 Å². The van der Waals surface area contributed by atoms with Gasteiger partial charge in [0.05, 0.1) is 5.56 Å². The lowest BCUT2D eigenvalue weighted by molar-refractivity contribution is 0.0981. The topological polar surface area (TPSA) is 108 Å². The Morgan fingerprint density at radius 2 is 1.79 bits per heavy atom. The van der Waals surface area contributed by atoms with Crippen LogP contribution in [-0.4, -0.2) is 49.5 Å². The van der Waals surface area contributed by atoms with E-state index in [9.17, 15) is 13.2 Å². The molecule has 38 heavy (non-hydrogen) atoms. The molecule has 0 radical (unpaired) electrons. The van der Waals surface area contributed by atoms with Crippen LogP contribution in [0.4, 0.5) is 23.0 Å². The number of sulfonamides is 1. The summed E-state index contributed by atoms with van der Waals surface area (Å²) in [7, 11) is -4.23. The summed E-state index contributed by atoms with van der Waals surface area (Å²) in [6.07, 6.45) is 2.57. The van der Waals surface area contributed by atoms with Gasteiger partial charge in [-0.05, 0) is 88.6 Å². The van der Waals surface area contributed by atoms with Crippen LogP contribution in [0.1, 0.15) is 51.4 Å². The fraction of sp³-hybridized carbons (Fsp3) is 0.393. The molecule has 1 saturated heterocycles. The van der Waals surface area contributed by atoms with Gasteiger partial charge < -0.3 is 15.1 Å². The Morgan fingerprint density at radius 3 is 2.42 bits per heavy atom. The van der Waals surface area contributed by atoms with E-state index in [1.54, 1.807) is 30.5 Å². The monoisotopic (exact) mass is 536 g/mol. The predicted molar refractivity (Wildman–Crippen MR) is 152 cm³/mol. The molecule has 9 nitrogen and oxygen atoms in total. The zero-order valence-electron chi connectivity index (χ0n) is 22.6. The van der Waals surface area contributed by atoms with Crippen molar-refractivity contribution < 1.29 is 13.2 Å². The molecular formula is C28H36N6O3S. The third kappa shape index (κ3) is 5.91. The molecule has 2 N–H and O–H groups in total. The first kappa shape index (κ1) is 27.4. The number of rotatable bonds is 9. The molecule has 1 aliphatic rings. The van der Waals surface area contributed by atoms with E-state index < -0.39 is 15.9 Å². The van der Waals surface area contributed by atoms with Crippen molar-refractivity contribution in [1.29, 1.82) is 0 Å². The highest BCUT2D eigenvalue weighted by atomic mass is 32.2. The van der Waals surface area contributed by atoms with E-state index in [1.807, 2.05) is 24.3 Å². The van der Waals surface area contributed by atoms with Gasteiger partial charge >= 0.3 is 0 Å². The van der Waals surface area contributed by atoms with Crippen molar-refractivity contribution in [2.45, 2.75) is 51.6 Å². The molecule has 1 amide bonds. The standard InChI is InChI=1S/C28H36N6O3S/c1-6-33(7-2)22-15-13-21(14-16-22)30-24-11-8-12-25(31-24)38(36,37)32-27(35)23-10-9-17-29-26(23)34-19-20(3)18-28(34,4)5/h8-17,20H,6-7,18-19H2,1-5H3,(H,30,31)(H,32,35). The van der Waals surface area contributed by atoms with Crippen LogP contribution in [0, 0.1) is 5.92 Å². The number of hydrogen-bond acceptors (Lipinski definition) is 8. The number of aromatic nitrogens is 2. The van der Waals surface area contributed by atoms with Gasteiger partial charge in [-0.3, -0.25) is 4.79 Å². The van der Waals surface area contributed by atoms with Gasteiger partial charge in [0.2, 0.25) is 0 Å². The van der Waals surface area contributed by atoms with E-state index in [2.05, 4.69) is 64.4 Å². The van der Waals surface area contributed by atoms with Crippen molar-refractivity contribution in [3.63, 3.8) is 0 Å². The third-order valence-electron chi connectivity index (χ3n) is 6.85. The van der Waals surface area contributed by atoms with Crippen molar-refractivity contribution in [3.8, 4) is 0 Å². The summed E-state index contributed by atoms with van der Waals surface area (Å²) in [5.41, 5.74) is 1.89. The lowest BCUT2D eigenvalue weighted by Gasteiger charge is -2.33. The molecule has 202 valence electrons. The van der Waals surface area contributed by atoms with Crippen LogP contribution in [0.2, 0.25) is 0 Å². The molecule has 2 aromatic heterocycles. The van der Waals surface area contributed by atoms with E-state index in [0.717, 1.165) is 37.4 Å². The Balaban J connectivity index is 1.52. The number of amides is 1. The van der Waals surface area contributed by atoms with Crippen LogP contribution in [0.15, 0.2) is 65.8 Å². The van der Waals surface area contributed by atoms with Gasteiger partial charge in [-0.25, -0.2) is 14.7 Å². The maximum absolute atomic E-state index is 13.2. The van der Waals surface area contributed by atoms with Gasteiger partial charge in [0.1, 0.15) is 11.6 Å². The number of carbonyl (C=O) groups excluding carboxylic acids is 1. The van der Waals surface area contributed by atoms with Gasteiger partial charge in [0.25, 0.3) is 15.9 Å². The second-order valence-corrected chi connectivity index (χ2v) is 11.9. The van der Waals surface area contributed by atoms with E-state index >= 15 is 0 Å². The number of anilines is 4. The summed E-state index contributed by atoms with van der Waals surface area (Å²) in [4.78, 5) is 26.2. The minimum Gasteiger partial charge on any atom is -0.372 e. The van der Waals surface area contributed by atoms with E-state index in [1.165, 1.54) is 6.07 Å². The number of nitrogens with zero attached hydrogens (tertiary/aromatic N) is 4. The molecular weight excluding hydrogens is 500 g/mol. The Bertz CT molecular complexity index is 1390. The largest absolute Gasteiger partial charge is 0.372 e. The maximum Gasteiger partial charge on any atom is 0.281 e. The zero-order chi connectivity index (χ0) is 27.5. The van der Waals surface area contributed by atoms with Crippen LogP contribution in [0.5, 0.6) is 0 Å². The highest BCUT2D eigenvalue weighted by Crippen LogP contribution is 2.37. The fourth-order valence-electron chi connectivity index (χ4n) is 5.10. The Labute approximate surface area is 225 Å². The predicted octanol–water partition coefficient (Wildman–Crippen LogP) is 4.81. The van der Waals surface area contributed by atoms with E-state index in [-0.39, 0.29) is 16.1 Å². The molecule has 1 aromatic carbocycles. The lowest BCUT2D eigenvalue weighted by Crippen LogP contribution is -2.41. The molecule has 3 aromatic rings.